The van der Waals surface area contributed by atoms with Gasteiger partial charge in [-0.15, -0.1) is 25.6 Å². The molecule has 1 aromatic heterocycles. The zero-order valence-corrected chi connectivity index (χ0v) is 18.5. The quantitative estimate of drug-likeness (QED) is 0.649. The predicted molar refractivity (Wildman–Crippen MR) is 115 cm³/mol. The number of carbonyl (C=O) groups is 1. The van der Waals surface area contributed by atoms with Crippen LogP contribution in [0.5, 0.6) is 5.75 Å². The summed E-state index contributed by atoms with van der Waals surface area (Å²) in [6, 6.07) is 3.93. The Morgan fingerprint density at radius 2 is 1.93 bits per heavy atom. The summed E-state index contributed by atoms with van der Waals surface area (Å²) in [5, 5.41) is 3.55. The molecule has 1 aliphatic carbocycles. The largest absolute Gasteiger partial charge is 0.573 e. The first kappa shape index (κ1) is 24.5. The minimum atomic E-state index is -4.75. The first-order valence-corrected chi connectivity index (χ1v) is 10.4. The number of hydrogen-bond acceptors (Lipinski definition) is 5. The van der Waals surface area contributed by atoms with Crippen molar-refractivity contribution in [2.75, 3.05) is 32.1 Å². The van der Waals surface area contributed by atoms with Gasteiger partial charge in [-0.2, -0.15) is 0 Å². The number of rotatable bonds is 6. The molecule has 11 heteroatoms. The van der Waals surface area contributed by atoms with Crippen molar-refractivity contribution in [2.24, 2.45) is 0 Å². The van der Waals surface area contributed by atoms with Crippen LogP contribution in [-0.4, -0.2) is 55.5 Å². The van der Waals surface area contributed by atoms with Crippen LogP contribution in [0, 0.1) is 0 Å². The number of nitrogens with one attached hydrogen (secondary N) is 1. The molecule has 30 heavy (non-hydrogen) atoms. The number of amides is 2. The van der Waals surface area contributed by atoms with Gasteiger partial charge in [0.25, 0.3) is 0 Å². The van der Waals surface area contributed by atoms with Gasteiger partial charge in [0.05, 0.1) is 10.2 Å². The number of aromatic nitrogens is 1. The zero-order chi connectivity index (χ0) is 21.0. The number of benzene rings is 1. The van der Waals surface area contributed by atoms with Crippen LogP contribution in [0.15, 0.2) is 18.2 Å². The van der Waals surface area contributed by atoms with Gasteiger partial charge < -0.3 is 15.0 Å². The molecule has 2 amide bonds. The van der Waals surface area contributed by atoms with Gasteiger partial charge in [-0.3, -0.25) is 4.90 Å². The number of halogens is 4. The third-order valence-corrected chi connectivity index (χ3v) is 5.80. The zero-order valence-electron chi connectivity index (χ0n) is 16.9. The van der Waals surface area contributed by atoms with Crippen molar-refractivity contribution in [3.63, 3.8) is 0 Å². The highest BCUT2D eigenvalue weighted by atomic mass is 35.5. The van der Waals surface area contributed by atoms with Crippen LogP contribution < -0.4 is 15.0 Å². The van der Waals surface area contributed by atoms with E-state index >= 15 is 0 Å². The number of anilines is 1. The summed E-state index contributed by atoms with van der Waals surface area (Å²) in [6.45, 7) is 1.06. The first-order chi connectivity index (χ1) is 13.7. The molecule has 1 aromatic carbocycles. The van der Waals surface area contributed by atoms with Crippen LogP contribution in [0.1, 0.15) is 32.1 Å². The van der Waals surface area contributed by atoms with Gasteiger partial charge in [-0.05, 0) is 39.1 Å². The number of likely N-dealkylation sites (N-methyl/N-ethyl adjacent to an activating group) is 1. The molecule has 2 aromatic rings. The van der Waals surface area contributed by atoms with Crippen molar-refractivity contribution < 1.29 is 22.7 Å². The van der Waals surface area contributed by atoms with Gasteiger partial charge in [0.1, 0.15) is 5.75 Å². The molecule has 0 spiro atoms. The van der Waals surface area contributed by atoms with Crippen molar-refractivity contribution in [2.45, 2.75) is 44.5 Å². The van der Waals surface area contributed by atoms with Crippen LogP contribution in [0.25, 0.3) is 10.2 Å². The number of thiazole rings is 1. The lowest BCUT2D eigenvalue weighted by Crippen LogP contribution is -2.47. The van der Waals surface area contributed by atoms with Gasteiger partial charge in [0, 0.05) is 25.2 Å². The topological polar surface area (TPSA) is 57.7 Å². The molecule has 1 saturated carbocycles. The maximum atomic E-state index is 12.9. The van der Waals surface area contributed by atoms with Crippen molar-refractivity contribution >= 4 is 45.1 Å². The molecule has 0 atom stereocenters. The molecule has 3 rings (SSSR count). The summed E-state index contributed by atoms with van der Waals surface area (Å²) >= 11 is 1.18. The smallest absolute Gasteiger partial charge is 0.406 e. The molecular formula is C19H26ClF3N4O2S. The molecule has 168 valence electrons. The fraction of sp³-hybridized carbons (Fsp3) is 0.579. The van der Waals surface area contributed by atoms with Crippen molar-refractivity contribution in [3.8, 4) is 5.75 Å². The third-order valence-electron chi connectivity index (χ3n) is 4.76. The number of fused-ring (bicyclic) bond motifs is 1. The van der Waals surface area contributed by atoms with E-state index in [9.17, 15) is 18.0 Å². The molecule has 0 saturated heterocycles. The summed E-state index contributed by atoms with van der Waals surface area (Å²) in [6.07, 6.45) is 0.573. The number of carbonyl (C=O) groups excluding carboxylic acids is 1. The van der Waals surface area contributed by atoms with Crippen molar-refractivity contribution in [3.05, 3.63) is 18.2 Å². The van der Waals surface area contributed by atoms with E-state index in [0.717, 1.165) is 25.7 Å². The number of alkyl halides is 3. The van der Waals surface area contributed by atoms with E-state index in [1.54, 1.807) is 4.90 Å². The monoisotopic (exact) mass is 466 g/mol. The molecule has 0 radical (unpaired) electrons. The molecule has 0 aliphatic heterocycles. The van der Waals surface area contributed by atoms with E-state index in [0.29, 0.717) is 28.4 Å². The molecule has 6 nitrogen and oxygen atoms in total. The first-order valence-electron chi connectivity index (χ1n) is 9.60. The third kappa shape index (κ3) is 6.88. The molecule has 1 fully saturated rings. The minimum absolute atomic E-state index is 0. The van der Waals surface area contributed by atoms with E-state index in [2.05, 4.69) is 15.0 Å². The van der Waals surface area contributed by atoms with E-state index in [1.165, 1.54) is 36.0 Å². The summed E-state index contributed by atoms with van der Waals surface area (Å²) < 4.78 is 42.0. The van der Waals surface area contributed by atoms with Gasteiger partial charge >= 0.3 is 12.4 Å². The van der Waals surface area contributed by atoms with Gasteiger partial charge in [-0.1, -0.05) is 30.6 Å². The molecule has 1 heterocycles. The van der Waals surface area contributed by atoms with E-state index in [4.69, 9.17) is 0 Å². The van der Waals surface area contributed by atoms with Crippen molar-refractivity contribution in [1.29, 1.82) is 0 Å². The Morgan fingerprint density at radius 3 is 2.57 bits per heavy atom. The summed E-state index contributed by atoms with van der Waals surface area (Å²) in [7, 11) is 3.83. The Morgan fingerprint density at radius 1 is 1.23 bits per heavy atom. The number of hydrogen-bond donors (Lipinski definition) is 1. The molecule has 1 aliphatic rings. The summed E-state index contributed by atoms with van der Waals surface area (Å²) in [4.78, 5) is 21.0. The average Bonchev–Trinajstić information content (AvgIpc) is 3.04. The highest BCUT2D eigenvalue weighted by Crippen LogP contribution is 2.33. The van der Waals surface area contributed by atoms with E-state index in [1.807, 2.05) is 19.0 Å². The highest BCUT2D eigenvalue weighted by Gasteiger charge is 2.31. The Labute approximate surface area is 183 Å². The van der Waals surface area contributed by atoms with E-state index < -0.39 is 6.36 Å². The minimum Gasteiger partial charge on any atom is -0.406 e. The van der Waals surface area contributed by atoms with Gasteiger partial charge in [0.15, 0.2) is 5.13 Å². The number of nitrogens with zero attached hydrogens (tertiary/aromatic N) is 3. The Hall–Kier alpha value is -1.78. The second kappa shape index (κ2) is 10.5. The molecule has 0 unspecified atom stereocenters. The van der Waals surface area contributed by atoms with E-state index in [-0.39, 0.29) is 30.2 Å². The summed E-state index contributed by atoms with van der Waals surface area (Å²) in [5.41, 5.74) is 0.528. The lowest BCUT2D eigenvalue weighted by Gasteiger charge is -2.27. The SMILES string of the molecule is CN(C)CCN(C(=O)NC1CCCCC1)c1nc2ccc(OC(F)(F)F)cc2s1.Cl. The average molecular weight is 467 g/mol. The Bertz CT molecular complexity index is 841. The molecule has 1 N–H and O–H groups in total. The Balaban J connectivity index is 0.00000320. The maximum absolute atomic E-state index is 12.9. The normalized spacial score (nSPS) is 15.1. The standard InChI is InChI=1S/C19H25F3N4O2S.ClH/c1-25(2)10-11-26(17(27)23-13-6-4-3-5-7-13)18-24-15-9-8-14(12-16(15)29-18)28-19(20,21)22;/h8-9,12-13H,3-7,10-11H2,1-2H3,(H,23,27);1H. The predicted octanol–water partition coefficient (Wildman–Crippen LogP) is 5.03. The highest BCUT2D eigenvalue weighted by molar-refractivity contribution is 7.22. The Kier molecular flexibility index (Phi) is 8.57. The van der Waals surface area contributed by atoms with Crippen molar-refractivity contribution in [1.82, 2.24) is 15.2 Å². The number of urea groups is 1. The number of ether oxygens (including phenoxy) is 1. The second-order valence-corrected chi connectivity index (χ2v) is 8.42. The lowest BCUT2D eigenvalue weighted by atomic mass is 9.96. The molecular weight excluding hydrogens is 441 g/mol. The van der Waals surface area contributed by atoms with Crippen LogP contribution >= 0.6 is 23.7 Å². The van der Waals surface area contributed by atoms with Crippen LogP contribution in [0.4, 0.5) is 23.1 Å². The second-order valence-electron chi connectivity index (χ2n) is 7.41. The maximum Gasteiger partial charge on any atom is 0.573 e. The van der Waals surface area contributed by atoms with Crippen LogP contribution in [0.2, 0.25) is 0 Å². The van der Waals surface area contributed by atoms with Gasteiger partial charge in [0.2, 0.25) is 0 Å². The molecule has 0 bridgehead atoms. The summed E-state index contributed by atoms with van der Waals surface area (Å²) in [5.74, 6) is -0.299. The van der Waals surface area contributed by atoms with Gasteiger partial charge in [-0.25, -0.2) is 9.78 Å². The van der Waals surface area contributed by atoms with Crippen LogP contribution in [-0.2, 0) is 0 Å². The lowest BCUT2D eigenvalue weighted by molar-refractivity contribution is -0.274. The fourth-order valence-electron chi connectivity index (χ4n) is 3.29. The fourth-order valence-corrected chi connectivity index (χ4v) is 4.31. The van der Waals surface area contributed by atoms with Crippen LogP contribution in [0.3, 0.4) is 0 Å².